The summed E-state index contributed by atoms with van der Waals surface area (Å²) < 4.78 is 18.1. The Morgan fingerprint density at radius 2 is 2.17 bits per heavy atom. The minimum absolute atomic E-state index is 0.0916. The number of carbonyl (C=O) groups is 2. The molecule has 0 saturated heterocycles. The first-order chi connectivity index (χ1) is 8.50. The third-order valence-electron chi connectivity index (χ3n) is 1.97. The molecule has 0 aliphatic carbocycles. The summed E-state index contributed by atoms with van der Waals surface area (Å²) in [5.41, 5.74) is 4.66. The number of hydrogen-bond acceptors (Lipinski definition) is 4. The van der Waals surface area contributed by atoms with E-state index in [-0.39, 0.29) is 31.1 Å². The van der Waals surface area contributed by atoms with Crippen LogP contribution in [0.4, 0.5) is 4.39 Å². The van der Waals surface area contributed by atoms with E-state index in [1.807, 2.05) is 0 Å². The number of ether oxygens (including phenoxy) is 1. The van der Waals surface area contributed by atoms with Crippen LogP contribution < -0.4 is 11.1 Å². The van der Waals surface area contributed by atoms with E-state index in [1.165, 1.54) is 12.1 Å². The highest BCUT2D eigenvalue weighted by atomic mass is 19.1. The number of nitrogens with two attached hydrogens (primary N) is 1. The molecular formula is C11H13FN2O4. The van der Waals surface area contributed by atoms with Gasteiger partial charge in [-0.15, -0.1) is 0 Å². The van der Waals surface area contributed by atoms with Crippen LogP contribution in [0.15, 0.2) is 18.2 Å². The Labute approximate surface area is 103 Å². The molecule has 0 aliphatic rings. The predicted molar refractivity (Wildman–Crippen MR) is 60.4 cm³/mol. The van der Waals surface area contributed by atoms with E-state index in [1.54, 1.807) is 0 Å². The Bertz CT molecular complexity index is 451. The summed E-state index contributed by atoms with van der Waals surface area (Å²) in [7, 11) is 0. The van der Waals surface area contributed by atoms with Crippen molar-refractivity contribution in [2.45, 2.75) is 0 Å². The van der Waals surface area contributed by atoms with Gasteiger partial charge in [0.2, 0.25) is 5.91 Å². The molecule has 0 spiro atoms. The molecule has 4 N–H and O–H groups in total. The maximum absolute atomic E-state index is 13.3. The number of hydrogen-bond donors (Lipinski definition) is 3. The van der Waals surface area contributed by atoms with E-state index in [0.717, 1.165) is 6.07 Å². The number of benzene rings is 1. The van der Waals surface area contributed by atoms with Crippen LogP contribution in [0.3, 0.4) is 0 Å². The lowest BCUT2D eigenvalue weighted by molar-refractivity contribution is -0.122. The second kappa shape index (κ2) is 6.55. The molecule has 1 rings (SSSR count). The molecular weight excluding hydrogens is 243 g/mol. The molecule has 0 aromatic heterocycles. The predicted octanol–water partition coefficient (Wildman–Crippen LogP) is -0.237. The lowest BCUT2D eigenvalue weighted by Crippen LogP contribution is -2.29. The number of amides is 2. The summed E-state index contributed by atoms with van der Waals surface area (Å²) in [6.07, 6.45) is 0. The van der Waals surface area contributed by atoms with Crippen LogP contribution in [-0.4, -0.2) is 36.7 Å². The minimum Gasteiger partial charge on any atom is -0.508 e. The van der Waals surface area contributed by atoms with Gasteiger partial charge >= 0.3 is 0 Å². The highest BCUT2D eigenvalue weighted by Gasteiger charge is 2.11. The molecule has 0 heterocycles. The molecule has 18 heavy (non-hydrogen) atoms. The molecule has 0 aliphatic heterocycles. The van der Waals surface area contributed by atoms with Crippen molar-refractivity contribution >= 4 is 11.8 Å². The molecule has 0 unspecified atom stereocenters. The summed E-state index contributed by atoms with van der Waals surface area (Å²) in [5, 5.41) is 11.4. The fraction of sp³-hybridized carbons (Fsp3) is 0.273. The SMILES string of the molecule is NC(=O)COCCNC(=O)c1ccc(O)cc1F. The molecule has 0 fully saturated rings. The smallest absolute Gasteiger partial charge is 0.254 e. The normalized spacial score (nSPS) is 10.1. The number of rotatable bonds is 6. The van der Waals surface area contributed by atoms with E-state index in [2.05, 4.69) is 5.32 Å². The van der Waals surface area contributed by atoms with Crippen LogP contribution in [0.1, 0.15) is 10.4 Å². The van der Waals surface area contributed by atoms with E-state index in [0.29, 0.717) is 0 Å². The number of primary amides is 1. The van der Waals surface area contributed by atoms with Crippen LogP contribution >= 0.6 is 0 Å². The lowest BCUT2D eigenvalue weighted by atomic mass is 10.2. The highest BCUT2D eigenvalue weighted by molar-refractivity contribution is 5.94. The summed E-state index contributed by atoms with van der Waals surface area (Å²) >= 11 is 0. The zero-order valence-corrected chi connectivity index (χ0v) is 9.48. The number of phenols is 1. The first-order valence-electron chi connectivity index (χ1n) is 5.13. The van der Waals surface area contributed by atoms with Crippen LogP contribution in [0.25, 0.3) is 0 Å². The first kappa shape index (κ1) is 13.9. The van der Waals surface area contributed by atoms with Gasteiger partial charge in [0.25, 0.3) is 5.91 Å². The molecule has 0 saturated carbocycles. The van der Waals surface area contributed by atoms with Gasteiger partial charge in [-0.05, 0) is 12.1 Å². The Morgan fingerprint density at radius 1 is 1.44 bits per heavy atom. The topological polar surface area (TPSA) is 102 Å². The van der Waals surface area contributed by atoms with Crippen molar-refractivity contribution in [1.29, 1.82) is 0 Å². The van der Waals surface area contributed by atoms with Crippen LogP contribution in [0.5, 0.6) is 5.75 Å². The molecule has 0 atom stereocenters. The number of halogens is 1. The van der Waals surface area contributed by atoms with E-state index in [4.69, 9.17) is 15.6 Å². The molecule has 0 radical (unpaired) electrons. The third kappa shape index (κ3) is 4.38. The Hall–Kier alpha value is -2.15. The standard InChI is InChI=1S/C11H13FN2O4/c12-9-5-7(15)1-2-8(9)11(17)14-3-4-18-6-10(13)16/h1-2,5,15H,3-4,6H2,(H2,13,16)(H,14,17). The second-order valence-electron chi connectivity index (χ2n) is 3.44. The van der Waals surface area contributed by atoms with Crippen molar-refractivity contribution in [1.82, 2.24) is 5.32 Å². The van der Waals surface area contributed by atoms with Gasteiger partial charge in [-0.3, -0.25) is 9.59 Å². The van der Waals surface area contributed by atoms with E-state index >= 15 is 0 Å². The molecule has 6 nitrogen and oxygen atoms in total. The molecule has 1 aromatic rings. The Kier molecular flexibility index (Phi) is 5.06. The summed E-state index contributed by atoms with van der Waals surface area (Å²) in [4.78, 5) is 21.8. The summed E-state index contributed by atoms with van der Waals surface area (Å²) in [6, 6.07) is 3.23. The van der Waals surface area contributed by atoms with Gasteiger partial charge in [-0.2, -0.15) is 0 Å². The van der Waals surface area contributed by atoms with Gasteiger partial charge < -0.3 is 20.9 Å². The van der Waals surface area contributed by atoms with Crippen molar-refractivity contribution in [3.63, 3.8) is 0 Å². The Balaban J connectivity index is 2.39. The first-order valence-corrected chi connectivity index (χ1v) is 5.13. The average Bonchev–Trinajstić information content (AvgIpc) is 2.27. The fourth-order valence-corrected chi connectivity index (χ4v) is 1.19. The van der Waals surface area contributed by atoms with Gasteiger partial charge in [-0.25, -0.2) is 4.39 Å². The fourth-order valence-electron chi connectivity index (χ4n) is 1.19. The van der Waals surface area contributed by atoms with Gasteiger partial charge in [0, 0.05) is 12.6 Å². The minimum atomic E-state index is -0.814. The van der Waals surface area contributed by atoms with E-state index in [9.17, 15) is 14.0 Å². The van der Waals surface area contributed by atoms with Crippen LogP contribution in [0, 0.1) is 5.82 Å². The van der Waals surface area contributed by atoms with Crippen molar-refractivity contribution in [2.24, 2.45) is 5.73 Å². The number of aromatic hydroxyl groups is 1. The average molecular weight is 256 g/mol. The lowest BCUT2D eigenvalue weighted by Gasteiger charge is -2.06. The van der Waals surface area contributed by atoms with E-state index < -0.39 is 17.6 Å². The number of carbonyl (C=O) groups excluding carboxylic acids is 2. The zero-order valence-electron chi connectivity index (χ0n) is 9.48. The quantitative estimate of drug-likeness (QED) is 0.611. The molecule has 7 heteroatoms. The van der Waals surface area contributed by atoms with Crippen molar-refractivity contribution in [3.05, 3.63) is 29.6 Å². The molecule has 1 aromatic carbocycles. The van der Waals surface area contributed by atoms with Crippen LogP contribution in [-0.2, 0) is 9.53 Å². The number of phenolic OH excluding ortho intramolecular Hbond substituents is 1. The summed E-state index contributed by atoms with van der Waals surface area (Å²) in [5.74, 6) is -2.31. The largest absolute Gasteiger partial charge is 0.508 e. The third-order valence-corrected chi connectivity index (χ3v) is 1.97. The number of nitrogens with one attached hydrogen (secondary N) is 1. The van der Waals surface area contributed by atoms with Crippen molar-refractivity contribution in [3.8, 4) is 5.75 Å². The monoisotopic (exact) mass is 256 g/mol. The second-order valence-corrected chi connectivity index (χ2v) is 3.44. The maximum atomic E-state index is 13.3. The molecule has 0 bridgehead atoms. The maximum Gasteiger partial charge on any atom is 0.254 e. The van der Waals surface area contributed by atoms with Gasteiger partial charge in [-0.1, -0.05) is 0 Å². The van der Waals surface area contributed by atoms with Gasteiger partial charge in [0.05, 0.1) is 12.2 Å². The Morgan fingerprint density at radius 3 is 2.78 bits per heavy atom. The highest BCUT2D eigenvalue weighted by Crippen LogP contribution is 2.14. The molecule has 2 amide bonds. The molecule has 98 valence electrons. The van der Waals surface area contributed by atoms with Gasteiger partial charge in [0.15, 0.2) is 0 Å². The van der Waals surface area contributed by atoms with Gasteiger partial charge in [0.1, 0.15) is 18.2 Å². The van der Waals surface area contributed by atoms with Crippen LogP contribution in [0.2, 0.25) is 0 Å². The zero-order chi connectivity index (χ0) is 13.5. The van der Waals surface area contributed by atoms with Crippen molar-refractivity contribution < 1.29 is 23.8 Å². The van der Waals surface area contributed by atoms with Crippen molar-refractivity contribution in [2.75, 3.05) is 19.8 Å². The summed E-state index contributed by atoms with van der Waals surface area (Å²) in [6.45, 7) is -0.0236.